The van der Waals surface area contributed by atoms with E-state index in [4.69, 9.17) is 4.74 Å². The largest absolute Gasteiger partial charge is 0.469 e. The second-order valence-electron chi connectivity index (χ2n) is 6.41. The summed E-state index contributed by atoms with van der Waals surface area (Å²) in [6, 6.07) is 1.83. The third kappa shape index (κ3) is 5.69. The van der Waals surface area contributed by atoms with E-state index in [1.165, 1.54) is 18.9 Å². The Kier molecular flexibility index (Phi) is 8.00. The maximum absolute atomic E-state index is 12.7. The highest BCUT2D eigenvalue weighted by atomic mass is 32.2. The van der Waals surface area contributed by atoms with Gasteiger partial charge in [-0.25, -0.2) is 0 Å². The molecule has 158 valence electrons. The lowest BCUT2D eigenvalue weighted by Gasteiger charge is -2.09. The molecule has 9 nitrogen and oxygen atoms in total. The Morgan fingerprint density at radius 1 is 1.17 bits per heavy atom. The van der Waals surface area contributed by atoms with Crippen LogP contribution in [0.3, 0.4) is 0 Å². The van der Waals surface area contributed by atoms with Gasteiger partial charge < -0.3 is 18.6 Å². The van der Waals surface area contributed by atoms with Crippen LogP contribution in [-0.2, 0) is 39.1 Å². The molecule has 0 unspecified atom stereocenters. The lowest BCUT2D eigenvalue weighted by atomic mass is 10.2. The summed E-state index contributed by atoms with van der Waals surface area (Å²) in [6.45, 7) is 6.28. The molecule has 0 spiro atoms. The summed E-state index contributed by atoms with van der Waals surface area (Å²) in [4.78, 5) is 35.7. The van der Waals surface area contributed by atoms with E-state index in [0.717, 1.165) is 11.4 Å². The lowest BCUT2D eigenvalue weighted by Crippen LogP contribution is -2.12. The van der Waals surface area contributed by atoms with Crippen LogP contribution < -0.4 is 0 Å². The average molecular weight is 423 g/mol. The van der Waals surface area contributed by atoms with Crippen molar-refractivity contribution in [3.63, 3.8) is 0 Å². The van der Waals surface area contributed by atoms with Gasteiger partial charge in [0.15, 0.2) is 10.9 Å². The number of ketones is 1. The molecule has 10 heteroatoms. The van der Waals surface area contributed by atoms with Crippen molar-refractivity contribution in [3.8, 4) is 0 Å². The summed E-state index contributed by atoms with van der Waals surface area (Å²) in [7, 11) is 3.11. The van der Waals surface area contributed by atoms with Crippen LogP contribution in [0.25, 0.3) is 0 Å². The van der Waals surface area contributed by atoms with Crippen LogP contribution in [0.1, 0.15) is 40.9 Å². The van der Waals surface area contributed by atoms with Crippen LogP contribution in [0, 0.1) is 13.8 Å². The maximum Gasteiger partial charge on any atom is 0.313 e. The van der Waals surface area contributed by atoms with Crippen molar-refractivity contribution in [1.29, 1.82) is 0 Å². The Morgan fingerprint density at radius 3 is 2.55 bits per heavy atom. The van der Waals surface area contributed by atoms with Gasteiger partial charge in [-0.15, -0.1) is 10.2 Å². The number of nitrogens with zero attached hydrogens (tertiary/aromatic N) is 4. The van der Waals surface area contributed by atoms with Gasteiger partial charge in [-0.3, -0.25) is 14.4 Å². The molecule has 0 amide bonds. The molecule has 0 fully saturated rings. The molecule has 0 aliphatic carbocycles. The van der Waals surface area contributed by atoms with Crippen molar-refractivity contribution < 1.29 is 23.9 Å². The Bertz CT molecular complexity index is 903. The van der Waals surface area contributed by atoms with Gasteiger partial charge in [0.2, 0.25) is 0 Å². The number of thioether (sulfide) groups is 1. The second kappa shape index (κ2) is 10.2. The van der Waals surface area contributed by atoms with E-state index in [1.54, 1.807) is 18.5 Å². The van der Waals surface area contributed by atoms with Crippen LogP contribution in [-0.4, -0.2) is 56.5 Å². The molecule has 0 aliphatic rings. The zero-order chi connectivity index (χ0) is 21.6. The fourth-order valence-electron chi connectivity index (χ4n) is 2.91. The molecular weight excluding hydrogens is 396 g/mol. The molecule has 0 bridgehead atoms. The quantitative estimate of drug-likeness (QED) is 0.325. The van der Waals surface area contributed by atoms with Crippen LogP contribution in [0.2, 0.25) is 0 Å². The molecule has 0 aliphatic heterocycles. The molecule has 29 heavy (non-hydrogen) atoms. The third-order valence-electron chi connectivity index (χ3n) is 4.51. The number of methoxy groups -OCH3 is 1. The third-order valence-corrected chi connectivity index (χ3v) is 5.53. The Hall–Kier alpha value is -2.62. The van der Waals surface area contributed by atoms with Gasteiger partial charge in [-0.05, 0) is 26.8 Å². The standard InChI is InChI=1S/C19H26N4O5S/c1-6-28-18(26)10-16-20-21-19(22(16)4)29-11-15(24)14-9-12(2)23(13(14)3)8-7-17(25)27-5/h9H,6-8,10-11H2,1-5H3. The highest BCUT2D eigenvalue weighted by Gasteiger charge is 2.19. The predicted molar refractivity (Wildman–Crippen MR) is 107 cm³/mol. The van der Waals surface area contributed by atoms with Crippen LogP contribution in [0.4, 0.5) is 0 Å². The number of ether oxygens (including phenoxy) is 2. The SMILES string of the molecule is CCOC(=O)Cc1nnc(SCC(=O)c2cc(C)n(CCC(=O)OC)c2C)n1C. The molecule has 2 rings (SSSR count). The number of esters is 2. The molecule has 0 atom stereocenters. The predicted octanol–water partition coefficient (Wildman–Crippen LogP) is 1.88. The van der Waals surface area contributed by atoms with Crippen molar-refractivity contribution in [2.45, 2.75) is 45.3 Å². The number of aryl methyl sites for hydroxylation is 1. The number of carbonyl (C=O) groups is 3. The number of carbonyl (C=O) groups excluding carboxylic acids is 3. The fraction of sp³-hybridized carbons (Fsp3) is 0.526. The van der Waals surface area contributed by atoms with E-state index >= 15 is 0 Å². The summed E-state index contributed by atoms with van der Waals surface area (Å²) in [5.41, 5.74) is 2.35. The highest BCUT2D eigenvalue weighted by Crippen LogP contribution is 2.21. The molecule has 0 N–H and O–H groups in total. The normalized spacial score (nSPS) is 10.8. The maximum atomic E-state index is 12.7. The molecule has 0 aromatic carbocycles. The Balaban J connectivity index is 2.02. The van der Waals surface area contributed by atoms with Crippen molar-refractivity contribution >= 4 is 29.5 Å². The summed E-state index contributed by atoms with van der Waals surface area (Å²) < 4.78 is 13.2. The minimum absolute atomic E-state index is 0.0349. The summed E-state index contributed by atoms with van der Waals surface area (Å²) >= 11 is 1.26. The first kappa shape index (κ1) is 22.7. The van der Waals surface area contributed by atoms with Crippen LogP contribution >= 0.6 is 11.8 Å². The van der Waals surface area contributed by atoms with Crippen LogP contribution in [0.15, 0.2) is 11.2 Å². The van der Waals surface area contributed by atoms with Gasteiger partial charge in [0.25, 0.3) is 0 Å². The zero-order valence-electron chi connectivity index (χ0n) is 17.4. The Labute approximate surface area is 173 Å². The van der Waals surface area contributed by atoms with E-state index in [0.29, 0.717) is 29.7 Å². The van der Waals surface area contributed by atoms with Gasteiger partial charge >= 0.3 is 11.9 Å². The number of Topliss-reactive ketones (excluding diaryl/α,β-unsaturated/α-hetero) is 1. The molecule has 0 saturated carbocycles. The van der Waals surface area contributed by atoms with Crippen molar-refractivity contribution in [1.82, 2.24) is 19.3 Å². The number of rotatable bonds is 10. The zero-order valence-corrected chi connectivity index (χ0v) is 18.2. The van der Waals surface area contributed by atoms with Crippen LogP contribution in [0.5, 0.6) is 0 Å². The molecule has 2 aromatic heterocycles. The second-order valence-corrected chi connectivity index (χ2v) is 7.36. The molecule has 0 saturated heterocycles. The number of hydrogen-bond acceptors (Lipinski definition) is 8. The van der Waals surface area contributed by atoms with Crippen molar-refractivity contribution in [3.05, 3.63) is 28.8 Å². The van der Waals surface area contributed by atoms with E-state index in [-0.39, 0.29) is 36.3 Å². The van der Waals surface area contributed by atoms with Gasteiger partial charge in [-0.2, -0.15) is 0 Å². The summed E-state index contributed by atoms with van der Waals surface area (Å²) in [6.07, 6.45) is 0.282. The highest BCUT2D eigenvalue weighted by molar-refractivity contribution is 7.99. The molecule has 2 aromatic rings. The van der Waals surface area contributed by atoms with Crippen molar-refractivity contribution in [2.24, 2.45) is 7.05 Å². The molecule has 2 heterocycles. The van der Waals surface area contributed by atoms with Gasteiger partial charge in [0.05, 0.1) is 25.9 Å². The van der Waals surface area contributed by atoms with Gasteiger partial charge in [0.1, 0.15) is 12.2 Å². The van der Waals surface area contributed by atoms with Crippen molar-refractivity contribution in [2.75, 3.05) is 19.5 Å². The van der Waals surface area contributed by atoms with E-state index in [1.807, 2.05) is 24.5 Å². The minimum atomic E-state index is -0.366. The van der Waals surface area contributed by atoms with E-state index in [2.05, 4.69) is 14.9 Å². The average Bonchev–Trinajstić information content (AvgIpc) is 3.17. The summed E-state index contributed by atoms with van der Waals surface area (Å²) in [5, 5.41) is 8.62. The van der Waals surface area contributed by atoms with E-state index < -0.39 is 0 Å². The van der Waals surface area contributed by atoms with Gasteiger partial charge in [0, 0.05) is 30.5 Å². The molecular formula is C19H26N4O5S. The fourth-order valence-corrected chi connectivity index (χ4v) is 3.72. The topological polar surface area (TPSA) is 105 Å². The first-order valence-corrected chi connectivity index (χ1v) is 10.2. The number of aromatic nitrogens is 4. The first-order valence-electron chi connectivity index (χ1n) is 9.21. The lowest BCUT2D eigenvalue weighted by molar-refractivity contribution is -0.142. The monoisotopic (exact) mass is 422 g/mol. The molecule has 0 radical (unpaired) electrons. The van der Waals surface area contributed by atoms with E-state index in [9.17, 15) is 14.4 Å². The smallest absolute Gasteiger partial charge is 0.313 e. The minimum Gasteiger partial charge on any atom is -0.469 e. The summed E-state index contributed by atoms with van der Waals surface area (Å²) in [5.74, 6) is -0.0224. The Morgan fingerprint density at radius 2 is 1.90 bits per heavy atom. The number of hydrogen-bond donors (Lipinski definition) is 0. The first-order chi connectivity index (χ1) is 13.8. The van der Waals surface area contributed by atoms with Gasteiger partial charge in [-0.1, -0.05) is 11.8 Å².